The summed E-state index contributed by atoms with van der Waals surface area (Å²) in [6.45, 7) is 4.24. The lowest BCUT2D eigenvalue weighted by atomic mass is 9.89. The first-order valence-electron chi connectivity index (χ1n) is 10.3. The molecular formula is C23H27N3O3S. The monoisotopic (exact) mass is 425 g/mol. The van der Waals surface area contributed by atoms with Crippen molar-refractivity contribution >= 4 is 27.5 Å². The Morgan fingerprint density at radius 1 is 1.20 bits per heavy atom. The predicted octanol–water partition coefficient (Wildman–Crippen LogP) is 4.52. The van der Waals surface area contributed by atoms with E-state index in [1.807, 2.05) is 13.8 Å². The van der Waals surface area contributed by atoms with Crippen LogP contribution in [-0.2, 0) is 24.2 Å². The molecule has 2 heterocycles. The number of ether oxygens (including phenoxy) is 2. The Labute approximate surface area is 180 Å². The molecule has 0 saturated carbocycles. The molecule has 0 bridgehead atoms. The summed E-state index contributed by atoms with van der Waals surface area (Å²) in [6.07, 6.45) is 4.79. The van der Waals surface area contributed by atoms with Crippen molar-refractivity contribution < 1.29 is 14.3 Å². The van der Waals surface area contributed by atoms with Crippen molar-refractivity contribution in [2.24, 2.45) is 0 Å². The molecule has 1 unspecified atom stereocenters. The van der Waals surface area contributed by atoms with Crippen LogP contribution in [0.4, 0.5) is 0 Å². The molecule has 0 radical (unpaired) electrons. The third-order valence-electron chi connectivity index (χ3n) is 5.70. The largest absolute Gasteiger partial charge is 0.480 e. The first kappa shape index (κ1) is 20.8. The van der Waals surface area contributed by atoms with Crippen LogP contribution in [-0.4, -0.2) is 30.1 Å². The standard InChI is InChI=1S/C23H27N3O3S/c1-13-19-22(29-4)25-18(12-28-3)26-23(19)30-20(13)21(27)24-14(2)16-10-9-15-7-5-6-8-17(15)11-16/h9-11,14H,5-8,12H2,1-4H3,(H,24,27). The maximum Gasteiger partial charge on any atom is 0.262 e. The number of nitrogens with zero attached hydrogens (tertiary/aromatic N) is 2. The van der Waals surface area contributed by atoms with E-state index in [1.54, 1.807) is 14.2 Å². The number of carbonyl (C=O) groups is 1. The molecule has 1 aliphatic rings. The van der Waals surface area contributed by atoms with Gasteiger partial charge in [0.2, 0.25) is 5.88 Å². The molecular weight excluding hydrogens is 398 g/mol. The number of rotatable bonds is 6. The highest BCUT2D eigenvalue weighted by atomic mass is 32.1. The van der Waals surface area contributed by atoms with Crippen molar-refractivity contribution in [3.8, 4) is 5.88 Å². The second-order valence-electron chi connectivity index (χ2n) is 7.75. The second-order valence-corrected chi connectivity index (χ2v) is 8.75. The molecule has 2 aromatic heterocycles. The van der Waals surface area contributed by atoms with Crippen molar-refractivity contribution in [1.29, 1.82) is 0 Å². The Bertz CT molecular complexity index is 1090. The average molecular weight is 426 g/mol. The molecule has 0 fully saturated rings. The second kappa shape index (κ2) is 8.70. The van der Waals surface area contributed by atoms with Crippen LogP contribution in [0, 0.1) is 6.92 Å². The van der Waals surface area contributed by atoms with E-state index in [0.29, 0.717) is 23.2 Å². The van der Waals surface area contributed by atoms with Gasteiger partial charge in [-0.05, 0) is 61.8 Å². The van der Waals surface area contributed by atoms with Gasteiger partial charge in [0.1, 0.15) is 11.4 Å². The van der Waals surface area contributed by atoms with Crippen LogP contribution in [0.3, 0.4) is 0 Å². The van der Waals surface area contributed by atoms with Gasteiger partial charge in [-0.3, -0.25) is 4.79 Å². The number of methoxy groups -OCH3 is 2. The molecule has 30 heavy (non-hydrogen) atoms. The normalized spacial score (nSPS) is 14.4. The molecule has 0 aliphatic heterocycles. The SMILES string of the molecule is COCc1nc(OC)c2c(C)c(C(=O)NC(C)c3ccc4c(c3)CCCC4)sc2n1. The van der Waals surface area contributed by atoms with Gasteiger partial charge in [0.25, 0.3) is 5.91 Å². The summed E-state index contributed by atoms with van der Waals surface area (Å²) in [6, 6.07) is 6.53. The van der Waals surface area contributed by atoms with Crippen molar-refractivity contribution in [3.63, 3.8) is 0 Å². The zero-order valence-electron chi connectivity index (χ0n) is 17.9. The minimum atomic E-state index is -0.101. The molecule has 0 saturated heterocycles. The van der Waals surface area contributed by atoms with Crippen molar-refractivity contribution in [2.45, 2.75) is 52.2 Å². The Kier molecular flexibility index (Phi) is 6.01. The molecule has 3 aromatic rings. The fourth-order valence-electron chi connectivity index (χ4n) is 4.07. The number of hydrogen-bond donors (Lipinski definition) is 1. The van der Waals surface area contributed by atoms with Gasteiger partial charge in [0.15, 0.2) is 5.82 Å². The fourth-order valence-corrected chi connectivity index (χ4v) is 5.16. The zero-order valence-corrected chi connectivity index (χ0v) is 18.7. The van der Waals surface area contributed by atoms with Crippen molar-refractivity contribution in [3.05, 3.63) is 51.2 Å². The maximum absolute atomic E-state index is 13.1. The molecule has 6 nitrogen and oxygen atoms in total. The topological polar surface area (TPSA) is 73.3 Å². The van der Waals surface area contributed by atoms with Crippen LogP contribution in [0.2, 0.25) is 0 Å². The summed E-state index contributed by atoms with van der Waals surface area (Å²) >= 11 is 1.36. The van der Waals surface area contributed by atoms with Gasteiger partial charge in [-0.1, -0.05) is 18.2 Å². The van der Waals surface area contributed by atoms with Crippen LogP contribution in [0.5, 0.6) is 5.88 Å². The molecule has 4 rings (SSSR count). The number of aryl methyl sites for hydroxylation is 3. The van der Waals surface area contributed by atoms with E-state index in [9.17, 15) is 4.79 Å². The van der Waals surface area contributed by atoms with Crippen molar-refractivity contribution in [2.75, 3.05) is 14.2 Å². The minimum absolute atomic E-state index is 0.0774. The average Bonchev–Trinajstić information content (AvgIpc) is 3.09. The fraction of sp³-hybridized carbons (Fsp3) is 0.435. The van der Waals surface area contributed by atoms with E-state index in [1.165, 1.54) is 35.3 Å². The lowest BCUT2D eigenvalue weighted by Crippen LogP contribution is -2.26. The van der Waals surface area contributed by atoms with E-state index < -0.39 is 0 Å². The van der Waals surface area contributed by atoms with Crippen LogP contribution in [0.25, 0.3) is 10.2 Å². The van der Waals surface area contributed by atoms with Gasteiger partial charge in [0.05, 0.1) is 23.4 Å². The highest BCUT2D eigenvalue weighted by Crippen LogP contribution is 2.35. The van der Waals surface area contributed by atoms with Crippen LogP contribution < -0.4 is 10.1 Å². The number of hydrogen-bond acceptors (Lipinski definition) is 6. The molecule has 7 heteroatoms. The molecule has 1 aromatic carbocycles. The first-order valence-corrected chi connectivity index (χ1v) is 11.1. The zero-order chi connectivity index (χ0) is 21.3. The number of nitrogens with one attached hydrogen (secondary N) is 1. The molecule has 1 amide bonds. The van der Waals surface area contributed by atoms with Gasteiger partial charge in [-0.25, -0.2) is 4.98 Å². The lowest BCUT2D eigenvalue weighted by molar-refractivity contribution is 0.0943. The van der Waals surface area contributed by atoms with E-state index in [-0.39, 0.29) is 11.9 Å². The van der Waals surface area contributed by atoms with Crippen LogP contribution in [0.15, 0.2) is 18.2 Å². The number of fused-ring (bicyclic) bond motifs is 2. The summed E-state index contributed by atoms with van der Waals surface area (Å²) in [4.78, 5) is 23.4. The summed E-state index contributed by atoms with van der Waals surface area (Å²) < 4.78 is 10.6. The van der Waals surface area contributed by atoms with E-state index in [2.05, 4.69) is 33.5 Å². The number of aromatic nitrogens is 2. The predicted molar refractivity (Wildman–Crippen MR) is 118 cm³/mol. The smallest absolute Gasteiger partial charge is 0.262 e. The highest BCUT2D eigenvalue weighted by Gasteiger charge is 2.23. The summed E-state index contributed by atoms with van der Waals surface area (Å²) in [7, 11) is 3.17. The third kappa shape index (κ3) is 3.91. The number of thiophene rings is 1. The maximum atomic E-state index is 13.1. The summed E-state index contributed by atoms with van der Waals surface area (Å²) in [5.41, 5.74) is 4.85. The Morgan fingerprint density at radius 2 is 1.97 bits per heavy atom. The molecule has 1 atom stereocenters. The molecule has 0 spiro atoms. The van der Waals surface area contributed by atoms with Gasteiger partial charge >= 0.3 is 0 Å². The highest BCUT2D eigenvalue weighted by molar-refractivity contribution is 7.20. The van der Waals surface area contributed by atoms with Gasteiger partial charge in [0, 0.05) is 7.11 Å². The first-order chi connectivity index (χ1) is 14.5. The quantitative estimate of drug-likeness (QED) is 0.628. The van der Waals surface area contributed by atoms with Crippen LogP contribution >= 0.6 is 11.3 Å². The Morgan fingerprint density at radius 3 is 2.70 bits per heavy atom. The number of benzene rings is 1. The number of carbonyl (C=O) groups excluding carboxylic acids is 1. The third-order valence-corrected chi connectivity index (χ3v) is 6.88. The van der Waals surface area contributed by atoms with Crippen LogP contribution in [0.1, 0.15) is 63.6 Å². The Hall–Kier alpha value is -2.51. The molecule has 1 aliphatic carbocycles. The van der Waals surface area contributed by atoms with E-state index in [4.69, 9.17) is 9.47 Å². The number of amides is 1. The summed E-state index contributed by atoms with van der Waals surface area (Å²) in [5, 5.41) is 3.94. The lowest BCUT2D eigenvalue weighted by Gasteiger charge is -2.20. The Balaban J connectivity index is 1.60. The van der Waals surface area contributed by atoms with E-state index in [0.717, 1.165) is 34.2 Å². The van der Waals surface area contributed by atoms with Gasteiger partial charge in [-0.15, -0.1) is 11.3 Å². The van der Waals surface area contributed by atoms with Gasteiger partial charge < -0.3 is 14.8 Å². The van der Waals surface area contributed by atoms with Crippen molar-refractivity contribution in [1.82, 2.24) is 15.3 Å². The van der Waals surface area contributed by atoms with E-state index >= 15 is 0 Å². The minimum Gasteiger partial charge on any atom is -0.480 e. The molecule has 158 valence electrons. The van der Waals surface area contributed by atoms with Gasteiger partial charge in [-0.2, -0.15) is 4.98 Å². The molecule has 1 N–H and O–H groups in total. The summed E-state index contributed by atoms with van der Waals surface area (Å²) in [5.74, 6) is 0.913.